The molecular formula is C14H13BrN2O3S. The molecule has 1 aliphatic rings. The molecule has 7 heteroatoms. The number of halogens is 1. The lowest BCUT2D eigenvalue weighted by atomic mass is 10.1. The Balaban J connectivity index is 2.13. The number of hydrogen-bond acceptors (Lipinski definition) is 4. The zero-order valence-electron chi connectivity index (χ0n) is 11.0. The van der Waals surface area contributed by atoms with Gasteiger partial charge in [-0.25, -0.2) is 8.42 Å². The minimum Gasteiger partial charge on any atom is -0.348 e. The molecule has 0 aliphatic carbocycles. The van der Waals surface area contributed by atoms with Gasteiger partial charge in [0.25, 0.3) is 5.91 Å². The van der Waals surface area contributed by atoms with E-state index in [4.69, 9.17) is 5.26 Å². The van der Waals surface area contributed by atoms with E-state index < -0.39 is 21.8 Å². The van der Waals surface area contributed by atoms with Gasteiger partial charge >= 0.3 is 0 Å². The summed E-state index contributed by atoms with van der Waals surface area (Å²) in [6.07, 6.45) is 1.87. The molecule has 5 nitrogen and oxygen atoms in total. The van der Waals surface area contributed by atoms with Gasteiger partial charge < -0.3 is 5.32 Å². The second-order valence-electron chi connectivity index (χ2n) is 4.76. The van der Waals surface area contributed by atoms with Crippen molar-refractivity contribution in [2.24, 2.45) is 0 Å². The number of nitrogens with zero attached hydrogens (tertiary/aromatic N) is 1. The molecule has 1 fully saturated rings. The van der Waals surface area contributed by atoms with Crippen molar-refractivity contribution in [2.75, 3.05) is 11.5 Å². The monoisotopic (exact) mass is 368 g/mol. The van der Waals surface area contributed by atoms with Gasteiger partial charge in [-0.15, -0.1) is 0 Å². The van der Waals surface area contributed by atoms with Crippen molar-refractivity contribution in [1.29, 1.82) is 5.26 Å². The van der Waals surface area contributed by atoms with E-state index in [1.165, 1.54) is 6.08 Å². The Morgan fingerprint density at radius 3 is 2.71 bits per heavy atom. The molecule has 0 spiro atoms. The normalized spacial score (nSPS) is 20.8. The summed E-state index contributed by atoms with van der Waals surface area (Å²) in [6.45, 7) is 0. The van der Waals surface area contributed by atoms with Crippen LogP contribution in [0.25, 0.3) is 6.08 Å². The van der Waals surface area contributed by atoms with Crippen LogP contribution in [0, 0.1) is 11.3 Å². The minimum absolute atomic E-state index is 0.0498. The number of sulfone groups is 1. The number of carbonyl (C=O) groups excluding carboxylic acids is 1. The minimum atomic E-state index is -3.06. The SMILES string of the molecule is N#CC(=Cc1ccccc1Br)C(=O)NC1CCS(=O)(=O)C1. The molecule has 1 heterocycles. The summed E-state index contributed by atoms with van der Waals surface area (Å²) in [4.78, 5) is 12.0. The average Bonchev–Trinajstić information content (AvgIpc) is 2.77. The molecule has 1 aromatic carbocycles. The van der Waals surface area contributed by atoms with Crippen LogP contribution >= 0.6 is 15.9 Å². The van der Waals surface area contributed by atoms with Gasteiger partial charge in [0.15, 0.2) is 9.84 Å². The number of carbonyl (C=O) groups is 1. The summed E-state index contributed by atoms with van der Waals surface area (Å²) in [5.41, 5.74) is 0.662. The Bertz CT molecular complexity index is 735. The first-order valence-corrected chi connectivity index (χ1v) is 8.90. The maximum Gasteiger partial charge on any atom is 0.262 e. The summed E-state index contributed by atoms with van der Waals surface area (Å²) in [6, 6.07) is 8.64. The average molecular weight is 369 g/mol. The van der Waals surface area contributed by atoms with E-state index in [2.05, 4.69) is 21.2 Å². The van der Waals surface area contributed by atoms with Gasteiger partial charge in [0, 0.05) is 10.5 Å². The van der Waals surface area contributed by atoms with Crippen LogP contribution in [0.5, 0.6) is 0 Å². The fraction of sp³-hybridized carbons (Fsp3) is 0.286. The quantitative estimate of drug-likeness (QED) is 0.649. The first-order chi connectivity index (χ1) is 9.91. The molecule has 1 amide bonds. The van der Waals surface area contributed by atoms with Gasteiger partial charge in [-0.2, -0.15) is 5.26 Å². The second kappa shape index (κ2) is 6.41. The second-order valence-corrected chi connectivity index (χ2v) is 7.85. The number of nitrogens with one attached hydrogen (secondary N) is 1. The van der Waals surface area contributed by atoms with E-state index in [0.717, 1.165) is 4.47 Å². The number of hydrogen-bond donors (Lipinski definition) is 1. The van der Waals surface area contributed by atoms with Crippen LogP contribution in [0.3, 0.4) is 0 Å². The zero-order chi connectivity index (χ0) is 15.5. The highest BCUT2D eigenvalue weighted by Crippen LogP contribution is 2.19. The maximum atomic E-state index is 12.0. The van der Waals surface area contributed by atoms with E-state index >= 15 is 0 Å². The van der Waals surface area contributed by atoms with Gasteiger partial charge in [0.1, 0.15) is 11.6 Å². The highest BCUT2D eigenvalue weighted by Gasteiger charge is 2.29. The third-order valence-electron chi connectivity index (χ3n) is 3.14. The Hall–Kier alpha value is -1.65. The number of amides is 1. The van der Waals surface area contributed by atoms with Gasteiger partial charge in [0.05, 0.1) is 11.5 Å². The third kappa shape index (κ3) is 4.16. The van der Waals surface area contributed by atoms with Crippen molar-refractivity contribution in [3.8, 4) is 6.07 Å². The summed E-state index contributed by atoms with van der Waals surface area (Å²) in [5.74, 6) is -0.532. The molecule has 1 aromatic rings. The van der Waals surface area contributed by atoms with Gasteiger partial charge in [-0.1, -0.05) is 34.1 Å². The van der Waals surface area contributed by atoms with Crippen LogP contribution in [0.4, 0.5) is 0 Å². The molecule has 1 atom stereocenters. The lowest BCUT2D eigenvalue weighted by Crippen LogP contribution is -2.36. The van der Waals surface area contributed by atoms with Crippen molar-refractivity contribution in [1.82, 2.24) is 5.32 Å². The largest absolute Gasteiger partial charge is 0.348 e. The first kappa shape index (κ1) is 15.7. The van der Waals surface area contributed by atoms with Crippen molar-refractivity contribution < 1.29 is 13.2 Å². The molecule has 2 rings (SSSR count). The van der Waals surface area contributed by atoms with Crippen LogP contribution in [-0.4, -0.2) is 31.9 Å². The highest BCUT2D eigenvalue weighted by molar-refractivity contribution is 9.10. The molecule has 0 radical (unpaired) electrons. The Morgan fingerprint density at radius 2 is 2.14 bits per heavy atom. The van der Waals surface area contributed by atoms with E-state index in [9.17, 15) is 13.2 Å². The molecule has 110 valence electrons. The first-order valence-electron chi connectivity index (χ1n) is 6.29. The van der Waals surface area contributed by atoms with Gasteiger partial charge in [-0.3, -0.25) is 4.79 Å². The number of benzene rings is 1. The Morgan fingerprint density at radius 1 is 1.43 bits per heavy atom. The molecule has 1 saturated heterocycles. The van der Waals surface area contributed by atoms with Crippen LogP contribution < -0.4 is 5.32 Å². The Kier molecular flexibility index (Phi) is 4.80. The molecule has 0 aromatic heterocycles. The predicted octanol–water partition coefficient (Wildman–Crippen LogP) is 1.66. The van der Waals surface area contributed by atoms with Gasteiger partial charge in [0.2, 0.25) is 0 Å². The molecule has 1 N–H and O–H groups in total. The summed E-state index contributed by atoms with van der Waals surface area (Å²) in [5, 5.41) is 11.7. The number of rotatable bonds is 3. The van der Waals surface area contributed by atoms with Crippen LogP contribution in [-0.2, 0) is 14.6 Å². The molecule has 1 aliphatic heterocycles. The van der Waals surface area contributed by atoms with Crippen molar-refractivity contribution in [2.45, 2.75) is 12.5 Å². The fourth-order valence-corrected chi connectivity index (χ4v) is 4.14. The van der Waals surface area contributed by atoms with E-state index in [-0.39, 0.29) is 17.1 Å². The summed E-state index contributed by atoms with van der Waals surface area (Å²) < 4.78 is 23.5. The molecule has 21 heavy (non-hydrogen) atoms. The van der Waals surface area contributed by atoms with Crippen LogP contribution in [0.2, 0.25) is 0 Å². The van der Waals surface area contributed by atoms with Gasteiger partial charge in [-0.05, 0) is 24.1 Å². The zero-order valence-corrected chi connectivity index (χ0v) is 13.4. The lowest BCUT2D eigenvalue weighted by molar-refractivity contribution is -0.117. The fourth-order valence-electron chi connectivity index (χ4n) is 2.07. The lowest BCUT2D eigenvalue weighted by Gasteiger charge is -2.10. The number of nitriles is 1. The van der Waals surface area contributed by atoms with E-state index in [0.29, 0.717) is 12.0 Å². The third-order valence-corrected chi connectivity index (χ3v) is 5.63. The van der Waals surface area contributed by atoms with Crippen molar-refractivity contribution in [3.63, 3.8) is 0 Å². The Labute approximate surface area is 131 Å². The maximum absolute atomic E-state index is 12.0. The molecule has 1 unspecified atom stereocenters. The van der Waals surface area contributed by atoms with Crippen LogP contribution in [0.15, 0.2) is 34.3 Å². The summed E-state index contributed by atoms with van der Waals surface area (Å²) in [7, 11) is -3.06. The predicted molar refractivity (Wildman–Crippen MR) is 82.9 cm³/mol. The van der Waals surface area contributed by atoms with E-state index in [1.807, 2.05) is 18.2 Å². The topological polar surface area (TPSA) is 87.0 Å². The standard InChI is InChI=1S/C14H13BrN2O3S/c15-13-4-2-1-3-10(13)7-11(8-16)14(18)17-12-5-6-21(19,20)9-12/h1-4,7,12H,5-6,9H2,(H,17,18). The van der Waals surface area contributed by atoms with E-state index in [1.54, 1.807) is 12.1 Å². The van der Waals surface area contributed by atoms with Crippen molar-refractivity contribution >= 4 is 37.8 Å². The smallest absolute Gasteiger partial charge is 0.262 e. The summed E-state index contributed by atoms with van der Waals surface area (Å²) >= 11 is 3.34. The highest BCUT2D eigenvalue weighted by atomic mass is 79.9. The molecule has 0 saturated carbocycles. The van der Waals surface area contributed by atoms with Crippen LogP contribution in [0.1, 0.15) is 12.0 Å². The molecule has 0 bridgehead atoms. The van der Waals surface area contributed by atoms with Crippen molar-refractivity contribution in [3.05, 3.63) is 39.9 Å². The molecular weight excluding hydrogens is 356 g/mol.